The summed E-state index contributed by atoms with van der Waals surface area (Å²) in [5, 5.41) is 12.2. The molecule has 0 aliphatic heterocycles. The number of hydrogen-bond donors (Lipinski definition) is 1. The van der Waals surface area contributed by atoms with E-state index in [1.54, 1.807) is 13.2 Å². The number of nitrogens with one attached hydrogen (secondary N) is 1. The van der Waals surface area contributed by atoms with Crippen LogP contribution < -0.4 is 10.1 Å². The first-order chi connectivity index (χ1) is 12.2. The van der Waals surface area contributed by atoms with Crippen molar-refractivity contribution in [3.63, 3.8) is 0 Å². The van der Waals surface area contributed by atoms with Crippen LogP contribution in [0.5, 0.6) is 5.75 Å². The summed E-state index contributed by atoms with van der Waals surface area (Å²) in [6.45, 7) is 1.99. The van der Waals surface area contributed by atoms with Crippen LogP contribution in [-0.4, -0.2) is 33.5 Å². The lowest BCUT2D eigenvalue weighted by Gasteiger charge is -2.24. The van der Waals surface area contributed by atoms with Gasteiger partial charge in [-0.3, -0.25) is 4.79 Å². The number of thioether (sulfide) groups is 1. The van der Waals surface area contributed by atoms with E-state index < -0.39 is 0 Å². The van der Waals surface area contributed by atoms with Crippen molar-refractivity contribution in [3.8, 4) is 5.75 Å². The summed E-state index contributed by atoms with van der Waals surface area (Å²) in [5.41, 5.74) is 0.731. The van der Waals surface area contributed by atoms with Gasteiger partial charge in [0.15, 0.2) is 5.16 Å². The number of carbonyl (C=O) groups excluding carboxylic acids is 1. The maximum atomic E-state index is 12.2. The van der Waals surface area contributed by atoms with Crippen molar-refractivity contribution in [2.75, 3.05) is 18.2 Å². The molecule has 0 unspecified atom stereocenters. The maximum Gasteiger partial charge on any atom is 0.234 e. The molecule has 1 aliphatic carbocycles. The molecule has 0 atom stereocenters. The SMILES string of the molecule is COc1cccc(NC(=O)CSc2nnc(C)n2C2CCCCC2)c1. The summed E-state index contributed by atoms with van der Waals surface area (Å²) < 4.78 is 7.38. The minimum atomic E-state index is -0.0610. The molecule has 1 aromatic carbocycles. The van der Waals surface area contributed by atoms with Gasteiger partial charge in [-0.1, -0.05) is 37.1 Å². The van der Waals surface area contributed by atoms with E-state index in [1.165, 1.54) is 43.9 Å². The van der Waals surface area contributed by atoms with Crippen LogP contribution in [0.4, 0.5) is 5.69 Å². The lowest BCUT2D eigenvalue weighted by atomic mass is 9.95. The topological polar surface area (TPSA) is 69.0 Å². The Bertz CT molecular complexity index is 726. The maximum absolute atomic E-state index is 12.2. The smallest absolute Gasteiger partial charge is 0.234 e. The number of anilines is 1. The van der Waals surface area contributed by atoms with Crippen LogP contribution in [0.1, 0.15) is 44.0 Å². The number of hydrogen-bond acceptors (Lipinski definition) is 5. The molecule has 1 amide bonds. The molecule has 2 aromatic rings. The fourth-order valence-corrected chi connectivity index (χ4v) is 4.09. The minimum absolute atomic E-state index is 0.0610. The standard InChI is InChI=1S/C18H24N4O2S/c1-13-20-21-18(22(13)15-8-4-3-5-9-15)25-12-17(23)19-14-7-6-10-16(11-14)24-2/h6-7,10-11,15H,3-5,8-9,12H2,1-2H3,(H,19,23). The second-order valence-electron chi connectivity index (χ2n) is 6.26. The molecule has 0 radical (unpaired) electrons. The van der Waals surface area contributed by atoms with Gasteiger partial charge in [0.2, 0.25) is 5.91 Å². The fraction of sp³-hybridized carbons (Fsp3) is 0.500. The predicted octanol–water partition coefficient (Wildman–Crippen LogP) is 3.83. The number of carbonyl (C=O) groups is 1. The van der Waals surface area contributed by atoms with E-state index in [-0.39, 0.29) is 5.91 Å². The van der Waals surface area contributed by atoms with Crippen molar-refractivity contribution in [1.29, 1.82) is 0 Å². The van der Waals surface area contributed by atoms with Crippen LogP contribution in [0.25, 0.3) is 0 Å². The third-order valence-corrected chi connectivity index (χ3v) is 5.40. The molecule has 0 bridgehead atoms. The number of benzene rings is 1. The number of methoxy groups -OCH3 is 1. The molecule has 6 nitrogen and oxygen atoms in total. The van der Waals surface area contributed by atoms with Crippen molar-refractivity contribution in [2.45, 2.75) is 50.2 Å². The summed E-state index contributed by atoms with van der Waals surface area (Å²) >= 11 is 1.44. The monoisotopic (exact) mass is 360 g/mol. The Hall–Kier alpha value is -2.02. The quantitative estimate of drug-likeness (QED) is 0.793. The van der Waals surface area contributed by atoms with E-state index in [0.717, 1.165) is 22.4 Å². The minimum Gasteiger partial charge on any atom is -0.497 e. The molecule has 3 rings (SSSR count). The molecule has 25 heavy (non-hydrogen) atoms. The Morgan fingerprint density at radius 3 is 2.88 bits per heavy atom. The zero-order valence-corrected chi connectivity index (χ0v) is 15.5. The highest BCUT2D eigenvalue weighted by molar-refractivity contribution is 7.99. The molecule has 1 aromatic heterocycles. The zero-order valence-electron chi connectivity index (χ0n) is 14.7. The second kappa shape index (κ2) is 8.38. The van der Waals surface area contributed by atoms with E-state index in [2.05, 4.69) is 20.1 Å². The van der Waals surface area contributed by atoms with Gasteiger partial charge in [0, 0.05) is 17.8 Å². The van der Waals surface area contributed by atoms with E-state index in [4.69, 9.17) is 4.74 Å². The highest BCUT2D eigenvalue weighted by Gasteiger charge is 2.21. The normalized spacial score (nSPS) is 15.1. The Labute approximate surface area is 152 Å². The third kappa shape index (κ3) is 4.54. The number of rotatable bonds is 6. The van der Waals surface area contributed by atoms with Crippen molar-refractivity contribution >= 4 is 23.4 Å². The van der Waals surface area contributed by atoms with E-state index in [0.29, 0.717) is 11.8 Å². The first-order valence-electron chi connectivity index (χ1n) is 8.65. The van der Waals surface area contributed by atoms with Crippen molar-refractivity contribution in [2.24, 2.45) is 0 Å². The Kier molecular flexibility index (Phi) is 5.96. The highest BCUT2D eigenvalue weighted by Crippen LogP contribution is 2.32. The van der Waals surface area contributed by atoms with Gasteiger partial charge in [0.25, 0.3) is 0 Å². The van der Waals surface area contributed by atoms with Crippen LogP contribution in [0.15, 0.2) is 29.4 Å². The Morgan fingerprint density at radius 1 is 1.32 bits per heavy atom. The second-order valence-corrected chi connectivity index (χ2v) is 7.20. The first-order valence-corrected chi connectivity index (χ1v) is 9.64. The first kappa shape index (κ1) is 17.8. The van der Waals surface area contributed by atoms with Gasteiger partial charge in [-0.05, 0) is 31.9 Å². The van der Waals surface area contributed by atoms with Crippen molar-refractivity contribution < 1.29 is 9.53 Å². The predicted molar refractivity (Wildman–Crippen MR) is 99.2 cm³/mol. The van der Waals surface area contributed by atoms with E-state index in [9.17, 15) is 4.79 Å². The highest BCUT2D eigenvalue weighted by atomic mass is 32.2. The lowest BCUT2D eigenvalue weighted by molar-refractivity contribution is -0.113. The molecular weight excluding hydrogens is 336 g/mol. The van der Waals surface area contributed by atoms with Crippen LogP contribution in [-0.2, 0) is 4.79 Å². The molecule has 7 heteroatoms. The van der Waals surface area contributed by atoms with Crippen LogP contribution in [0.3, 0.4) is 0 Å². The summed E-state index contributed by atoms with van der Waals surface area (Å²) in [6.07, 6.45) is 6.15. The van der Waals surface area contributed by atoms with Crippen LogP contribution in [0.2, 0.25) is 0 Å². The van der Waals surface area contributed by atoms with Gasteiger partial charge in [0.05, 0.1) is 12.9 Å². The molecule has 1 fully saturated rings. The zero-order chi connectivity index (χ0) is 17.6. The molecular formula is C18H24N4O2S. The van der Waals surface area contributed by atoms with E-state index >= 15 is 0 Å². The number of aryl methyl sites for hydroxylation is 1. The lowest BCUT2D eigenvalue weighted by Crippen LogP contribution is -2.17. The Morgan fingerprint density at radius 2 is 2.12 bits per heavy atom. The summed E-state index contributed by atoms with van der Waals surface area (Å²) in [6, 6.07) is 7.81. The molecule has 0 spiro atoms. The van der Waals surface area contributed by atoms with Crippen molar-refractivity contribution in [3.05, 3.63) is 30.1 Å². The average Bonchev–Trinajstić information content (AvgIpc) is 3.01. The third-order valence-electron chi connectivity index (χ3n) is 4.46. The molecule has 1 saturated carbocycles. The molecule has 0 saturated heterocycles. The number of nitrogens with zero attached hydrogens (tertiary/aromatic N) is 3. The number of aromatic nitrogens is 3. The summed E-state index contributed by atoms with van der Waals surface area (Å²) in [5.74, 6) is 1.90. The Balaban J connectivity index is 1.60. The van der Waals surface area contributed by atoms with Crippen LogP contribution in [0, 0.1) is 6.92 Å². The summed E-state index contributed by atoms with van der Waals surface area (Å²) in [4.78, 5) is 12.2. The van der Waals surface area contributed by atoms with Crippen molar-refractivity contribution in [1.82, 2.24) is 14.8 Å². The molecule has 1 heterocycles. The average molecular weight is 360 g/mol. The molecule has 134 valence electrons. The van der Waals surface area contributed by atoms with Crippen LogP contribution >= 0.6 is 11.8 Å². The van der Waals surface area contributed by atoms with Gasteiger partial charge >= 0.3 is 0 Å². The molecule has 1 aliphatic rings. The van der Waals surface area contributed by atoms with Gasteiger partial charge in [-0.25, -0.2) is 0 Å². The van der Waals surface area contributed by atoms with Gasteiger partial charge < -0.3 is 14.6 Å². The van der Waals surface area contributed by atoms with E-state index in [1.807, 2.05) is 25.1 Å². The van der Waals surface area contributed by atoms with Gasteiger partial charge in [-0.15, -0.1) is 10.2 Å². The van der Waals surface area contributed by atoms with Gasteiger partial charge in [-0.2, -0.15) is 0 Å². The number of ether oxygens (including phenoxy) is 1. The summed E-state index contributed by atoms with van der Waals surface area (Å²) in [7, 11) is 1.61. The fourth-order valence-electron chi connectivity index (χ4n) is 3.24. The number of amides is 1. The van der Waals surface area contributed by atoms with Gasteiger partial charge in [0.1, 0.15) is 11.6 Å². The molecule has 1 N–H and O–H groups in total. The largest absolute Gasteiger partial charge is 0.497 e.